The van der Waals surface area contributed by atoms with Gasteiger partial charge in [0, 0.05) is 7.11 Å². The van der Waals surface area contributed by atoms with Gasteiger partial charge in [-0.15, -0.1) is 11.3 Å². The Morgan fingerprint density at radius 3 is 3.17 bits per heavy atom. The minimum Gasteiger partial charge on any atom is -0.379 e. The van der Waals surface area contributed by atoms with Crippen molar-refractivity contribution in [2.24, 2.45) is 4.99 Å². The first-order valence-corrected chi connectivity index (χ1v) is 8.85. The van der Waals surface area contributed by atoms with Crippen molar-refractivity contribution in [3.8, 4) is 0 Å². The van der Waals surface area contributed by atoms with Crippen molar-refractivity contribution in [1.82, 2.24) is 15.6 Å². The molecule has 24 heavy (non-hydrogen) atoms. The highest BCUT2D eigenvalue weighted by molar-refractivity contribution is 7.16. The minimum absolute atomic E-state index is 0.102. The minimum atomic E-state index is -0.162. The van der Waals surface area contributed by atoms with Crippen LogP contribution in [0.5, 0.6) is 0 Å². The van der Waals surface area contributed by atoms with Gasteiger partial charge >= 0.3 is 0 Å². The predicted octanol–water partition coefficient (Wildman–Crippen LogP) is 2.28. The Balaban J connectivity index is 1.55. The van der Waals surface area contributed by atoms with Crippen LogP contribution in [0.25, 0.3) is 16.3 Å². The van der Waals surface area contributed by atoms with Crippen molar-refractivity contribution >= 4 is 39.5 Å². The van der Waals surface area contributed by atoms with Crippen molar-refractivity contribution < 1.29 is 9.53 Å². The lowest BCUT2D eigenvalue weighted by atomic mass is 10.2. The summed E-state index contributed by atoms with van der Waals surface area (Å²) in [4.78, 5) is 21.0. The second-order valence-electron chi connectivity index (χ2n) is 5.97. The number of aliphatic imine (C=N–C) groups is 1. The summed E-state index contributed by atoms with van der Waals surface area (Å²) in [5.41, 5.74) is 4.26. The number of amides is 1. The molecule has 4 rings (SSSR count). The Hall–Kier alpha value is -2.25. The number of guanidine groups is 1. The number of ether oxygens (including phenoxy) is 1. The second-order valence-corrected chi connectivity index (χ2v) is 6.85. The Morgan fingerprint density at radius 1 is 1.38 bits per heavy atom. The standard InChI is InChI=1S/C17H18N4O2S/c1-23-14-4-2-3-11(14)19-17-20-13(16(22)21-17)7-10-5-6-12-15(8-10)24-9-18-12/h5-9,11,14H,2-4H2,1H3,(H2,19,20,21,22)/b13-7-/t11-,14-/m0/s1. The van der Waals surface area contributed by atoms with Crippen LogP contribution in [0.2, 0.25) is 0 Å². The maximum absolute atomic E-state index is 12.2. The fourth-order valence-corrected chi connectivity index (χ4v) is 3.91. The number of methoxy groups -OCH3 is 1. The van der Waals surface area contributed by atoms with Crippen LogP contribution in [0.1, 0.15) is 24.8 Å². The molecule has 0 radical (unpaired) electrons. The average molecular weight is 342 g/mol. The number of hydrogen-bond acceptors (Lipinski definition) is 5. The number of benzene rings is 1. The van der Waals surface area contributed by atoms with Crippen molar-refractivity contribution in [2.45, 2.75) is 31.4 Å². The summed E-state index contributed by atoms with van der Waals surface area (Å²) in [7, 11) is 1.71. The number of nitrogens with one attached hydrogen (secondary N) is 2. The quantitative estimate of drug-likeness (QED) is 0.839. The Morgan fingerprint density at radius 2 is 2.29 bits per heavy atom. The molecule has 0 unspecified atom stereocenters. The maximum atomic E-state index is 12.2. The summed E-state index contributed by atoms with van der Waals surface area (Å²) in [6.45, 7) is 0. The van der Waals surface area contributed by atoms with Gasteiger partial charge in [-0.05, 0) is 43.0 Å². The molecule has 0 spiro atoms. The van der Waals surface area contributed by atoms with Crippen molar-refractivity contribution in [2.75, 3.05) is 7.11 Å². The van der Waals surface area contributed by atoms with Gasteiger partial charge in [0.15, 0.2) is 0 Å². The van der Waals surface area contributed by atoms with E-state index in [-0.39, 0.29) is 18.1 Å². The Bertz CT molecular complexity index is 842. The van der Waals surface area contributed by atoms with Gasteiger partial charge in [-0.25, -0.2) is 9.98 Å². The molecule has 2 heterocycles. The van der Waals surface area contributed by atoms with Gasteiger partial charge in [0.2, 0.25) is 5.96 Å². The zero-order valence-electron chi connectivity index (χ0n) is 13.3. The summed E-state index contributed by atoms with van der Waals surface area (Å²) in [6.07, 6.45) is 5.08. The number of nitrogens with zero attached hydrogens (tertiary/aromatic N) is 2. The number of hydrogen-bond donors (Lipinski definition) is 2. The fraction of sp³-hybridized carbons (Fsp3) is 0.353. The molecule has 2 aliphatic rings. The van der Waals surface area contributed by atoms with E-state index in [0.29, 0.717) is 11.7 Å². The van der Waals surface area contributed by atoms with E-state index < -0.39 is 0 Å². The molecule has 1 aromatic carbocycles. The predicted molar refractivity (Wildman–Crippen MR) is 94.7 cm³/mol. The van der Waals surface area contributed by atoms with Crippen LogP contribution in [-0.2, 0) is 9.53 Å². The highest BCUT2D eigenvalue weighted by atomic mass is 32.1. The van der Waals surface area contributed by atoms with Gasteiger partial charge < -0.3 is 10.1 Å². The molecule has 6 nitrogen and oxygen atoms in total. The molecule has 7 heteroatoms. The summed E-state index contributed by atoms with van der Waals surface area (Å²) in [5, 5.41) is 5.88. The third kappa shape index (κ3) is 2.92. The molecule has 1 amide bonds. The highest BCUT2D eigenvalue weighted by Gasteiger charge is 2.29. The molecule has 2 aromatic rings. The number of thiazole rings is 1. The number of carbonyl (C=O) groups is 1. The summed E-state index contributed by atoms with van der Waals surface area (Å²) in [6, 6.07) is 6.05. The average Bonchev–Trinajstić information content (AvgIpc) is 3.28. The maximum Gasteiger partial charge on any atom is 0.274 e. The van der Waals surface area contributed by atoms with Crippen molar-refractivity contribution in [1.29, 1.82) is 0 Å². The Labute approximate surface area is 143 Å². The normalized spacial score (nSPS) is 27.1. The molecule has 1 aliphatic carbocycles. The third-order valence-corrected chi connectivity index (χ3v) is 5.20. The molecular weight excluding hydrogens is 324 g/mol. The lowest BCUT2D eigenvalue weighted by Crippen LogP contribution is -2.30. The first-order chi connectivity index (χ1) is 11.7. The second kappa shape index (κ2) is 6.33. The van der Waals surface area contributed by atoms with E-state index in [0.717, 1.165) is 35.0 Å². The monoisotopic (exact) mass is 342 g/mol. The number of carbonyl (C=O) groups excluding carboxylic acids is 1. The van der Waals surface area contributed by atoms with E-state index in [1.165, 1.54) is 0 Å². The van der Waals surface area contributed by atoms with Gasteiger partial charge in [-0.2, -0.15) is 0 Å². The van der Waals surface area contributed by atoms with Crippen molar-refractivity contribution in [3.05, 3.63) is 35.0 Å². The van der Waals surface area contributed by atoms with E-state index >= 15 is 0 Å². The fourth-order valence-electron chi connectivity index (χ4n) is 3.18. The first kappa shape index (κ1) is 15.3. The smallest absolute Gasteiger partial charge is 0.274 e. The number of rotatable bonds is 3. The molecule has 1 aromatic heterocycles. The van der Waals surface area contributed by atoms with E-state index in [1.54, 1.807) is 18.4 Å². The van der Waals surface area contributed by atoms with Gasteiger partial charge in [0.05, 0.1) is 27.9 Å². The van der Waals surface area contributed by atoms with Crippen LogP contribution in [0.3, 0.4) is 0 Å². The third-order valence-electron chi connectivity index (χ3n) is 4.41. The van der Waals surface area contributed by atoms with Gasteiger partial charge in [0.25, 0.3) is 5.91 Å². The van der Waals surface area contributed by atoms with Crippen LogP contribution < -0.4 is 10.6 Å². The topological polar surface area (TPSA) is 75.6 Å². The van der Waals surface area contributed by atoms with Crippen LogP contribution in [0.4, 0.5) is 0 Å². The van der Waals surface area contributed by atoms with Crippen LogP contribution in [0.15, 0.2) is 34.4 Å². The molecule has 1 aliphatic heterocycles. The largest absolute Gasteiger partial charge is 0.379 e. The molecule has 0 bridgehead atoms. The molecule has 1 saturated heterocycles. The molecular formula is C17H18N4O2S. The van der Waals surface area contributed by atoms with Gasteiger partial charge in [-0.1, -0.05) is 6.07 Å². The summed E-state index contributed by atoms with van der Waals surface area (Å²) >= 11 is 1.59. The molecule has 2 fully saturated rings. The van der Waals surface area contributed by atoms with Crippen LogP contribution in [0, 0.1) is 0 Å². The highest BCUT2D eigenvalue weighted by Crippen LogP contribution is 2.25. The first-order valence-electron chi connectivity index (χ1n) is 7.97. The molecule has 2 atom stereocenters. The van der Waals surface area contributed by atoms with E-state index in [2.05, 4.69) is 20.6 Å². The van der Waals surface area contributed by atoms with Gasteiger partial charge in [0.1, 0.15) is 5.70 Å². The van der Waals surface area contributed by atoms with Crippen LogP contribution in [-0.4, -0.2) is 36.1 Å². The molecule has 1 saturated carbocycles. The van der Waals surface area contributed by atoms with E-state index in [9.17, 15) is 4.79 Å². The summed E-state index contributed by atoms with van der Waals surface area (Å²) < 4.78 is 6.55. The van der Waals surface area contributed by atoms with Gasteiger partial charge in [-0.3, -0.25) is 10.1 Å². The zero-order valence-corrected chi connectivity index (χ0v) is 14.1. The zero-order chi connectivity index (χ0) is 16.5. The van der Waals surface area contributed by atoms with Crippen molar-refractivity contribution in [3.63, 3.8) is 0 Å². The summed E-state index contributed by atoms with van der Waals surface area (Å²) in [5.74, 6) is 0.351. The SMILES string of the molecule is CO[C@H]1CCC[C@@H]1N=C1NC(=O)/C(=C/c2ccc3ncsc3c2)N1. The molecule has 2 N–H and O–H groups in total. The Kier molecular flexibility index (Phi) is 4.03. The number of fused-ring (bicyclic) bond motifs is 1. The lowest BCUT2D eigenvalue weighted by molar-refractivity contribution is -0.115. The van der Waals surface area contributed by atoms with E-state index in [1.807, 2.05) is 29.8 Å². The number of aromatic nitrogens is 1. The molecule has 124 valence electrons. The van der Waals surface area contributed by atoms with E-state index in [4.69, 9.17) is 4.74 Å². The van der Waals surface area contributed by atoms with Crippen LogP contribution >= 0.6 is 11.3 Å². The lowest BCUT2D eigenvalue weighted by Gasteiger charge is -2.14.